The largest absolute Gasteiger partial charge is 0.503 e. The van der Waals surface area contributed by atoms with Gasteiger partial charge < -0.3 is 18.0 Å². The highest BCUT2D eigenvalue weighted by Gasteiger charge is 2.45. The molecule has 0 aromatic heterocycles. The van der Waals surface area contributed by atoms with Crippen LogP contribution in [0.4, 0.5) is 0 Å². The van der Waals surface area contributed by atoms with Crippen LogP contribution in [0.3, 0.4) is 0 Å². The maximum Gasteiger partial charge on any atom is 0.503 e. The molecule has 0 bridgehead atoms. The smallest absolute Gasteiger partial charge is 0.459 e. The van der Waals surface area contributed by atoms with E-state index < -0.39 is 8.80 Å². The van der Waals surface area contributed by atoms with Gasteiger partial charge in [0.1, 0.15) is 6.10 Å². The average molecular weight is 463 g/mol. The normalized spacial score (nSPS) is 20.2. The fourth-order valence-electron chi connectivity index (χ4n) is 4.53. The Bertz CT molecular complexity index is 710. The number of rotatable bonds is 12. The van der Waals surface area contributed by atoms with Crippen molar-refractivity contribution >= 4 is 14.8 Å². The Morgan fingerprint density at radius 2 is 1.59 bits per heavy atom. The van der Waals surface area contributed by atoms with Crippen molar-refractivity contribution in [3.63, 3.8) is 0 Å². The van der Waals surface area contributed by atoms with Crippen LogP contribution >= 0.6 is 0 Å². The molecular weight excluding hydrogens is 420 g/mol. The second-order valence-electron chi connectivity index (χ2n) is 9.51. The molecule has 0 spiro atoms. The van der Waals surface area contributed by atoms with Crippen LogP contribution in [0.15, 0.2) is 36.4 Å². The minimum absolute atomic E-state index is 0.257. The number of aryl methyl sites for hydroxylation is 1. The molecule has 0 heterocycles. The molecule has 1 aliphatic rings. The van der Waals surface area contributed by atoms with E-state index in [2.05, 4.69) is 44.7 Å². The van der Waals surface area contributed by atoms with E-state index in [0.29, 0.717) is 17.5 Å². The van der Waals surface area contributed by atoms with Gasteiger partial charge in [0.05, 0.1) is 6.04 Å². The maximum atomic E-state index is 12.3. The van der Waals surface area contributed by atoms with Gasteiger partial charge in [0.2, 0.25) is 0 Å². The molecule has 1 aliphatic carbocycles. The topological polar surface area (TPSA) is 54.0 Å². The summed E-state index contributed by atoms with van der Waals surface area (Å²) in [5.74, 6) is 1.18. The van der Waals surface area contributed by atoms with Crippen molar-refractivity contribution in [3.8, 4) is 0 Å². The zero-order valence-electron chi connectivity index (χ0n) is 20.8. The number of benzene rings is 1. The summed E-state index contributed by atoms with van der Waals surface area (Å²) in [5.41, 5.74) is 3.24. The molecule has 1 fully saturated rings. The number of hydrogen-bond donors (Lipinski definition) is 0. The fourth-order valence-corrected chi connectivity index (χ4v) is 6.43. The van der Waals surface area contributed by atoms with Crippen molar-refractivity contribution in [3.05, 3.63) is 47.5 Å². The highest BCUT2D eigenvalue weighted by atomic mass is 28.4. The molecule has 1 aromatic rings. The third kappa shape index (κ3) is 7.54. The van der Waals surface area contributed by atoms with E-state index in [1.165, 1.54) is 17.5 Å². The van der Waals surface area contributed by atoms with Gasteiger partial charge in [0.25, 0.3) is 0 Å². The van der Waals surface area contributed by atoms with Crippen LogP contribution in [0.25, 0.3) is 0 Å². The predicted octanol–water partition coefficient (Wildman–Crippen LogP) is 5.92. The standard InChI is InChI=1S/C26H42O5Si/c1-19(2)8-9-21-10-12-22(13-11-21)23-14-16-24(17-15-23)25(31-26(27)20(3)4)18-32(28-5,29-6)30-7/h10-13,19,23-25H,3,8-9,14-18H2,1-2,4-7H3. The van der Waals surface area contributed by atoms with Gasteiger partial charge in [-0.05, 0) is 74.3 Å². The lowest BCUT2D eigenvalue weighted by Gasteiger charge is -2.36. The van der Waals surface area contributed by atoms with Crippen molar-refractivity contribution in [2.24, 2.45) is 11.8 Å². The molecule has 0 amide bonds. The predicted molar refractivity (Wildman–Crippen MR) is 131 cm³/mol. The number of carbonyl (C=O) groups is 1. The molecule has 5 nitrogen and oxygen atoms in total. The third-order valence-corrected chi connectivity index (χ3v) is 9.52. The van der Waals surface area contributed by atoms with Gasteiger partial charge in [-0.15, -0.1) is 0 Å². The van der Waals surface area contributed by atoms with Crippen LogP contribution in [-0.4, -0.2) is 42.2 Å². The van der Waals surface area contributed by atoms with Crippen molar-refractivity contribution in [2.45, 2.75) is 77.4 Å². The lowest BCUT2D eigenvalue weighted by molar-refractivity contribution is -0.147. The molecule has 1 saturated carbocycles. The van der Waals surface area contributed by atoms with Crippen LogP contribution in [0.5, 0.6) is 0 Å². The van der Waals surface area contributed by atoms with E-state index >= 15 is 0 Å². The van der Waals surface area contributed by atoms with Gasteiger partial charge in [0.15, 0.2) is 0 Å². The molecule has 2 rings (SSSR count). The zero-order valence-corrected chi connectivity index (χ0v) is 21.8. The van der Waals surface area contributed by atoms with Gasteiger partial charge in [-0.1, -0.05) is 44.7 Å². The van der Waals surface area contributed by atoms with Gasteiger partial charge in [0, 0.05) is 26.9 Å². The van der Waals surface area contributed by atoms with E-state index in [1.807, 2.05) is 0 Å². The molecule has 32 heavy (non-hydrogen) atoms. The summed E-state index contributed by atoms with van der Waals surface area (Å²) in [4.78, 5) is 12.3. The summed E-state index contributed by atoms with van der Waals surface area (Å²) in [7, 11) is 1.91. The first kappa shape index (κ1) is 26.8. The second kappa shape index (κ2) is 12.7. The van der Waals surface area contributed by atoms with Crippen molar-refractivity contribution in [1.29, 1.82) is 0 Å². The van der Waals surface area contributed by atoms with Gasteiger partial charge in [-0.2, -0.15) is 0 Å². The molecule has 0 saturated heterocycles. The molecule has 180 valence electrons. The van der Waals surface area contributed by atoms with Crippen LogP contribution in [0, 0.1) is 11.8 Å². The highest BCUT2D eigenvalue weighted by Crippen LogP contribution is 2.40. The van der Waals surface area contributed by atoms with E-state index in [0.717, 1.165) is 38.0 Å². The summed E-state index contributed by atoms with van der Waals surface area (Å²) in [6, 6.07) is 9.64. The monoisotopic (exact) mass is 462 g/mol. The lowest BCUT2D eigenvalue weighted by Crippen LogP contribution is -2.48. The lowest BCUT2D eigenvalue weighted by atomic mass is 9.76. The first-order valence-corrected chi connectivity index (χ1v) is 13.8. The zero-order chi connectivity index (χ0) is 23.7. The number of esters is 1. The highest BCUT2D eigenvalue weighted by molar-refractivity contribution is 6.60. The van der Waals surface area contributed by atoms with Crippen molar-refractivity contribution in [1.82, 2.24) is 0 Å². The van der Waals surface area contributed by atoms with Crippen LogP contribution in [-0.2, 0) is 29.2 Å². The van der Waals surface area contributed by atoms with Crippen LogP contribution in [0.2, 0.25) is 6.04 Å². The summed E-state index contributed by atoms with van der Waals surface area (Å²) in [6.45, 7) is 9.95. The molecular formula is C26H42O5Si. The third-order valence-electron chi connectivity index (χ3n) is 6.75. The molecule has 1 aromatic carbocycles. The Balaban J connectivity index is 2.03. The maximum absolute atomic E-state index is 12.3. The van der Waals surface area contributed by atoms with Crippen molar-refractivity contribution in [2.75, 3.05) is 21.3 Å². The summed E-state index contributed by atoms with van der Waals surface area (Å²) >= 11 is 0. The Labute approximate surface area is 195 Å². The van der Waals surface area contributed by atoms with Crippen LogP contribution < -0.4 is 0 Å². The molecule has 0 N–H and O–H groups in total. The van der Waals surface area contributed by atoms with E-state index in [-0.39, 0.29) is 18.0 Å². The summed E-state index contributed by atoms with van der Waals surface area (Å²) < 4.78 is 22.7. The quantitative estimate of drug-likeness (QED) is 0.219. The van der Waals surface area contributed by atoms with Crippen LogP contribution in [0.1, 0.15) is 69.9 Å². The molecule has 0 radical (unpaired) electrons. The van der Waals surface area contributed by atoms with Gasteiger partial charge >= 0.3 is 14.8 Å². The Morgan fingerprint density at radius 1 is 1.03 bits per heavy atom. The van der Waals surface area contributed by atoms with E-state index in [4.69, 9.17) is 18.0 Å². The molecule has 1 unspecified atom stereocenters. The Kier molecular flexibility index (Phi) is 10.6. The average Bonchev–Trinajstić information content (AvgIpc) is 2.81. The number of carbonyl (C=O) groups excluding carboxylic acids is 1. The first-order valence-electron chi connectivity index (χ1n) is 11.8. The summed E-state index contributed by atoms with van der Waals surface area (Å²) in [5, 5.41) is 0. The minimum Gasteiger partial charge on any atom is -0.459 e. The Morgan fingerprint density at radius 3 is 2.06 bits per heavy atom. The van der Waals surface area contributed by atoms with Crippen molar-refractivity contribution < 1.29 is 22.8 Å². The first-order chi connectivity index (χ1) is 15.2. The number of hydrogen-bond acceptors (Lipinski definition) is 5. The minimum atomic E-state index is -2.88. The fraction of sp³-hybridized carbons (Fsp3) is 0.654. The Hall–Kier alpha value is -1.47. The van der Waals surface area contributed by atoms with E-state index in [1.54, 1.807) is 28.3 Å². The van der Waals surface area contributed by atoms with Gasteiger partial charge in [-0.25, -0.2) is 4.79 Å². The number of ether oxygens (including phenoxy) is 1. The molecule has 0 aliphatic heterocycles. The molecule has 6 heteroatoms. The molecule has 1 atom stereocenters. The van der Waals surface area contributed by atoms with Gasteiger partial charge in [-0.3, -0.25) is 0 Å². The van der Waals surface area contributed by atoms with E-state index in [9.17, 15) is 4.79 Å². The second-order valence-corrected chi connectivity index (χ2v) is 12.5. The SMILES string of the molecule is C=C(C)C(=O)OC(C[Si](OC)(OC)OC)C1CCC(c2ccc(CCC(C)C)cc2)CC1. The summed E-state index contributed by atoms with van der Waals surface area (Å²) in [6.07, 6.45) is 6.22.